The molecule has 0 aromatic heterocycles. The first kappa shape index (κ1) is 14.9. The second kappa shape index (κ2) is 6.33. The molecule has 20 heavy (non-hydrogen) atoms. The fourth-order valence-corrected chi connectivity index (χ4v) is 3.31. The Bertz CT molecular complexity index is 642. The Hall–Kier alpha value is -1.46. The van der Waals surface area contributed by atoms with Gasteiger partial charge in [0.2, 0.25) is 10.0 Å². The summed E-state index contributed by atoms with van der Waals surface area (Å²) in [5.74, 6) is 4.05. The van der Waals surface area contributed by atoms with Crippen molar-refractivity contribution in [3.63, 3.8) is 0 Å². The molecular weight excluding hydrogens is 285 g/mol. The first-order valence-corrected chi connectivity index (χ1v) is 7.47. The third kappa shape index (κ3) is 3.16. The summed E-state index contributed by atoms with van der Waals surface area (Å²) in [4.78, 5) is -0.367. The van der Waals surface area contributed by atoms with Gasteiger partial charge in [-0.2, -0.15) is 4.31 Å². The first-order chi connectivity index (χ1) is 9.55. The first-order valence-electron chi connectivity index (χ1n) is 6.03. The summed E-state index contributed by atoms with van der Waals surface area (Å²) < 4.78 is 44.8. The van der Waals surface area contributed by atoms with Crippen LogP contribution in [-0.4, -0.2) is 50.7 Å². The number of halogens is 1. The normalized spacial score (nSPS) is 16.5. The fourth-order valence-electron chi connectivity index (χ4n) is 1.86. The van der Waals surface area contributed by atoms with E-state index in [2.05, 4.69) is 11.8 Å². The lowest BCUT2D eigenvalue weighted by molar-refractivity contribution is 0.0729. The average Bonchev–Trinajstić information content (AvgIpc) is 2.46. The van der Waals surface area contributed by atoms with Gasteiger partial charge >= 0.3 is 0 Å². The van der Waals surface area contributed by atoms with Gasteiger partial charge in [0, 0.05) is 18.7 Å². The number of sulfonamides is 1. The number of ether oxygens (including phenoxy) is 1. The van der Waals surface area contributed by atoms with E-state index in [1.807, 2.05) is 0 Å². The highest BCUT2D eigenvalue weighted by molar-refractivity contribution is 7.89. The highest BCUT2D eigenvalue weighted by Crippen LogP contribution is 2.21. The van der Waals surface area contributed by atoms with Crippen molar-refractivity contribution >= 4 is 10.0 Å². The van der Waals surface area contributed by atoms with Crippen LogP contribution in [0.2, 0.25) is 0 Å². The van der Waals surface area contributed by atoms with E-state index in [-0.39, 0.29) is 24.6 Å². The van der Waals surface area contributed by atoms with E-state index in [1.165, 1.54) is 16.4 Å². The lowest BCUT2D eigenvalue weighted by atomic mass is 10.2. The van der Waals surface area contributed by atoms with Crippen molar-refractivity contribution in [1.82, 2.24) is 4.31 Å². The maximum absolute atomic E-state index is 14.0. The molecule has 0 aliphatic carbocycles. The van der Waals surface area contributed by atoms with E-state index in [1.54, 1.807) is 0 Å². The van der Waals surface area contributed by atoms with E-state index in [0.29, 0.717) is 18.8 Å². The van der Waals surface area contributed by atoms with Gasteiger partial charge in [0.05, 0.1) is 13.2 Å². The van der Waals surface area contributed by atoms with Gasteiger partial charge in [-0.3, -0.25) is 0 Å². The smallest absolute Gasteiger partial charge is 0.246 e. The molecule has 1 aliphatic heterocycles. The van der Waals surface area contributed by atoms with Crippen molar-refractivity contribution in [3.05, 3.63) is 29.6 Å². The summed E-state index contributed by atoms with van der Waals surface area (Å²) >= 11 is 0. The molecule has 1 fully saturated rings. The maximum atomic E-state index is 14.0. The predicted molar refractivity (Wildman–Crippen MR) is 69.9 cm³/mol. The number of hydrogen-bond donors (Lipinski definition) is 1. The highest BCUT2D eigenvalue weighted by atomic mass is 32.2. The Morgan fingerprint density at radius 2 is 2.05 bits per heavy atom. The molecule has 2 rings (SSSR count). The molecule has 1 heterocycles. The summed E-state index contributed by atoms with van der Waals surface area (Å²) in [5.41, 5.74) is 0.317. The minimum Gasteiger partial charge on any atom is -0.384 e. The summed E-state index contributed by atoms with van der Waals surface area (Å²) in [7, 11) is -3.85. The highest BCUT2D eigenvalue weighted by Gasteiger charge is 2.28. The molecule has 0 radical (unpaired) electrons. The van der Waals surface area contributed by atoms with Gasteiger partial charge in [-0.15, -0.1) is 0 Å². The Labute approximate surface area is 117 Å². The molecule has 0 unspecified atom stereocenters. The summed E-state index contributed by atoms with van der Waals surface area (Å²) in [5, 5.41) is 8.57. The second-order valence-electron chi connectivity index (χ2n) is 4.12. The van der Waals surface area contributed by atoms with Gasteiger partial charge < -0.3 is 9.84 Å². The second-order valence-corrected chi connectivity index (χ2v) is 6.03. The van der Waals surface area contributed by atoms with Gasteiger partial charge in [-0.25, -0.2) is 12.8 Å². The molecule has 1 saturated heterocycles. The molecule has 0 bridgehead atoms. The van der Waals surface area contributed by atoms with Crippen molar-refractivity contribution in [3.8, 4) is 11.8 Å². The van der Waals surface area contributed by atoms with Crippen LogP contribution in [0.5, 0.6) is 0 Å². The number of aliphatic hydroxyl groups excluding tert-OH is 1. The molecule has 0 saturated carbocycles. The summed E-state index contributed by atoms with van der Waals surface area (Å²) in [6, 6.07) is 3.66. The maximum Gasteiger partial charge on any atom is 0.246 e. The van der Waals surface area contributed by atoms with Gasteiger partial charge in [0.25, 0.3) is 0 Å². The molecule has 0 amide bonds. The number of aliphatic hydroxyl groups is 1. The van der Waals surface area contributed by atoms with Crippen molar-refractivity contribution in [2.75, 3.05) is 32.9 Å². The van der Waals surface area contributed by atoms with Crippen LogP contribution in [0.25, 0.3) is 0 Å². The topological polar surface area (TPSA) is 66.8 Å². The Morgan fingerprint density at radius 3 is 2.65 bits per heavy atom. The Kier molecular flexibility index (Phi) is 4.73. The van der Waals surface area contributed by atoms with Crippen LogP contribution in [0, 0.1) is 17.7 Å². The van der Waals surface area contributed by atoms with E-state index < -0.39 is 15.8 Å². The number of rotatable bonds is 2. The molecule has 0 spiro atoms. The third-order valence-corrected chi connectivity index (χ3v) is 4.76. The van der Waals surface area contributed by atoms with Crippen LogP contribution >= 0.6 is 0 Å². The minimum absolute atomic E-state index is 0.216. The van der Waals surface area contributed by atoms with Gasteiger partial charge in [0.15, 0.2) is 0 Å². The van der Waals surface area contributed by atoms with Crippen LogP contribution in [-0.2, 0) is 14.8 Å². The van der Waals surface area contributed by atoms with Crippen LogP contribution in [0.1, 0.15) is 5.56 Å². The molecule has 108 valence electrons. The minimum atomic E-state index is -3.85. The Balaban J connectivity index is 2.32. The van der Waals surface area contributed by atoms with E-state index in [9.17, 15) is 12.8 Å². The zero-order valence-electron chi connectivity index (χ0n) is 10.7. The van der Waals surface area contributed by atoms with Crippen LogP contribution in [0.3, 0.4) is 0 Å². The fraction of sp³-hybridized carbons (Fsp3) is 0.385. The van der Waals surface area contributed by atoms with Gasteiger partial charge in [0.1, 0.15) is 17.3 Å². The molecular formula is C13H14FNO4S. The molecule has 0 atom stereocenters. The number of benzene rings is 1. The Morgan fingerprint density at radius 1 is 1.35 bits per heavy atom. The van der Waals surface area contributed by atoms with Crippen molar-refractivity contribution in [2.45, 2.75) is 4.90 Å². The molecule has 1 N–H and O–H groups in total. The van der Waals surface area contributed by atoms with Crippen LogP contribution in [0.15, 0.2) is 23.1 Å². The number of hydrogen-bond acceptors (Lipinski definition) is 4. The van der Waals surface area contributed by atoms with E-state index >= 15 is 0 Å². The third-order valence-electron chi connectivity index (χ3n) is 2.83. The molecule has 1 aliphatic rings. The van der Waals surface area contributed by atoms with Crippen LogP contribution < -0.4 is 0 Å². The summed E-state index contributed by atoms with van der Waals surface area (Å²) in [6.07, 6.45) is 0. The lowest BCUT2D eigenvalue weighted by Gasteiger charge is -2.26. The number of morpholine rings is 1. The largest absolute Gasteiger partial charge is 0.384 e. The van der Waals surface area contributed by atoms with E-state index in [4.69, 9.17) is 9.84 Å². The molecule has 7 heteroatoms. The van der Waals surface area contributed by atoms with Crippen LogP contribution in [0.4, 0.5) is 4.39 Å². The quantitative estimate of drug-likeness (QED) is 0.792. The molecule has 5 nitrogen and oxygen atoms in total. The van der Waals surface area contributed by atoms with Crippen molar-refractivity contribution in [1.29, 1.82) is 0 Å². The monoisotopic (exact) mass is 299 g/mol. The SMILES string of the molecule is O=S(=O)(c1ccc(C#CCO)cc1F)N1CCOCC1. The average molecular weight is 299 g/mol. The number of nitrogens with zero attached hydrogens (tertiary/aromatic N) is 1. The molecule has 1 aromatic rings. The summed E-state index contributed by atoms with van der Waals surface area (Å²) in [6.45, 7) is 0.707. The zero-order valence-corrected chi connectivity index (χ0v) is 11.5. The van der Waals surface area contributed by atoms with E-state index in [0.717, 1.165) is 6.07 Å². The van der Waals surface area contributed by atoms with Crippen molar-refractivity contribution in [2.24, 2.45) is 0 Å². The lowest BCUT2D eigenvalue weighted by Crippen LogP contribution is -2.40. The van der Waals surface area contributed by atoms with Gasteiger partial charge in [-0.1, -0.05) is 11.8 Å². The van der Waals surface area contributed by atoms with Gasteiger partial charge in [-0.05, 0) is 18.2 Å². The standard InChI is InChI=1S/C13H14FNO4S/c14-12-10-11(2-1-7-16)3-4-13(12)20(17,18)15-5-8-19-9-6-15/h3-4,10,16H,5-9H2. The predicted octanol–water partition coefficient (Wildman–Crippen LogP) is 0.190. The zero-order chi connectivity index (χ0) is 14.6. The van der Waals surface area contributed by atoms with Crippen molar-refractivity contribution < 1.29 is 22.7 Å². The molecule has 1 aromatic carbocycles.